The summed E-state index contributed by atoms with van der Waals surface area (Å²) in [6.07, 6.45) is 2.59. The van der Waals surface area contributed by atoms with Crippen molar-refractivity contribution in [1.29, 1.82) is 0 Å². The Labute approximate surface area is 155 Å². The molecule has 0 aromatic heterocycles. The molecule has 0 unspecified atom stereocenters. The SMILES string of the molecule is C=CC(=O)N1CCN(C(=O)C=C)CC1.NCCO.NCc1ccccc1. The second-order valence-corrected chi connectivity index (χ2v) is 5.26. The number of amides is 2. The van der Waals surface area contributed by atoms with Crippen LogP contribution in [-0.2, 0) is 16.1 Å². The topological polar surface area (TPSA) is 113 Å². The van der Waals surface area contributed by atoms with E-state index in [9.17, 15) is 9.59 Å². The van der Waals surface area contributed by atoms with Crippen LogP contribution in [0.5, 0.6) is 0 Å². The zero-order chi connectivity index (χ0) is 19.8. The van der Waals surface area contributed by atoms with Crippen LogP contribution in [0.3, 0.4) is 0 Å². The summed E-state index contributed by atoms with van der Waals surface area (Å²) in [5.74, 6) is -0.147. The molecule has 1 aromatic carbocycles. The zero-order valence-electron chi connectivity index (χ0n) is 15.2. The molecule has 7 nitrogen and oxygen atoms in total. The number of carbonyl (C=O) groups is 2. The van der Waals surface area contributed by atoms with E-state index in [4.69, 9.17) is 16.6 Å². The Kier molecular flexibility index (Phi) is 13.4. The van der Waals surface area contributed by atoms with Crippen molar-refractivity contribution in [2.75, 3.05) is 39.3 Å². The van der Waals surface area contributed by atoms with Crippen molar-refractivity contribution in [3.63, 3.8) is 0 Å². The lowest BCUT2D eigenvalue weighted by atomic mass is 10.2. The molecular formula is C19H30N4O3. The van der Waals surface area contributed by atoms with Gasteiger partial charge in [-0.25, -0.2) is 0 Å². The molecular weight excluding hydrogens is 332 g/mol. The van der Waals surface area contributed by atoms with E-state index in [2.05, 4.69) is 13.2 Å². The predicted molar refractivity (Wildman–Crippen MR) is 104 cm³/mol. The third kappa shape index (κ3) is 9.73. The van der Waals surface area contributed by atoms with Crippen molar-refractivity contribution in [3.8, 4) is 0 Å². The minimum absolute atomic E-state index is 0.0734. The van der Waals surface area contributed by atoms with Crippen LogP contribution in [-0.4, -0.2) is 66.1 Å². The van der Waals surface area contributed by atoms with Crippen LogP contribution in [0.25, 0.3) is 0 Å². The number of carbonyl (C=O) groups excluding carboxylic acids is 2. The second kappa shape index (κ2) is 14.8. The van der Waals surface area contributed by atoms with E-state index in [1.165, 1.54) is 17.7 Å². The first kappa shape index (κ1) is 23.5. The standard InChI is InChI=1S/C10H14N2O2.C7H9N.C2H7NO/c1-3-9(13)11-5-7-12(8-6-11)10(14)4-2;8-6-7-4-2-1-3-5-7;3-1-2-4/h3-4H,1-2,5-8H2;1-5H,6,8H2;4H,1-3H2. The largest absolute Gasteiger partial charge is 0.395 e. The van der Waals surface area contributed by atoms with Crippen molar-refractivity contribution in [3.05, 3.63) is 61.2 Å². The fourth-order valence-electron chi connectivity index (χ4n) is 2.02. The number of rotatable bonds is 4. The van der Waals surface area contributed by atoms with Crippen LogP contribution in [0, 0.1) is 0 Å². The van der Waals surface area contributed by atoms with E-state index in [1.54, 1.807) is 9.80 Å². The van der Waals surface area contributed by atoms with Gasteiger partial charge in [0.2, 0.25) is 11.8 Å². The number of nitrogens with two attached hydrogens (primary N) is 2. The van der Waals surface area contributed by atoms with Crippen molar-refractivity contribution in [2.45, 2.75) is 6.54 Å². The molecule has 2 rings (SSSR count). The van der Waals surface area contributed by atoms with E-state index in [1.807, 2.05) is 30.3 Å². The summed E-state index contributed by atoms with van der Waals surface area (Å²) in [6.45, 7) is 10.2. The maximum Gasteiger partial charge on any atom is 0.246 e. The molecule has 5 N–H and O–H groups in total. The van der Waals surface area contributed by atoms with Gasteiger partial charge < -0.3 is 26.4 Å². The molecule has 0 atom stereocenters. The Morgan fingerprint density at radius 1 is 0.962 bits per heavy atom. The molecule has 0 aliphatic carbocycles. The highest BCUT2D eigenvalue weighted by Crippen LogP contribution is 2.03. The number of hydrogen-bond acceptors (Lipinski definition) is 5. The smallest absolute Gasteiger partial charge is 0.246 e. The third-order valence-corrected chi connectivity index (χ3v) is 3.46. The number of aliphatic hydroxyl groups is 1. The molecule has 0 radical (unpaired) electrons. The quantitative estimate of drug-likeness (QED) is 0.658. The molecule has 26 heavy (non-hydrogen) atoms. The summed E-state index contributed by atoms with van der Waals surface area (Å²) < 4.78 is 0. The second-order valence-electron chi connectivity index (χ2n) is 5.26. The van der Waals surface area contributed by atoms with Crippen LogP contribution in [0.1, 0.15) is 5.56 Å². The third-order valence-electron chi connectivity index (χ3n) is 3.46. The van der Waals surface area contributed by atoms with Gasteiger partial charge in [-0.05, 0) is 17.7 Å². The highest BCUT2D eigenvalue weighted by atomic mass is 16.3. The molecule has 0 saturated carbocycles. The molecule has 0 bridgehead atoms. The first-order valence-corrected chi connectivity index (χ1v) is 8.41. The molecule has 1 aliphatic rings. The van der Waals surface area contributed by atoms with Gasteiger partial charge in [0.05, 0.1) is 6.61 Å². The summed E-state index contributed by atoms with van der Waals surface area (Å²) in [5, 5.41) is 7.75. The Morgan fingerprint density at radius 3 is 1.58 bits per heavy atom. The van der Waals surface area contributed by atoms with Crippen molar-refractivity contribution in [2.24, 2.45) is 11.5 Å². The average molecular weight is 362 g/mol. The van der Waals surface area contributed by atoms with Gasteiger partial charge in [0.15, 0.2) is 0 Å². The monoisotopic (exact) mass is 362 g/mol. The molecule has 1 heterocycles. The Bertz CT molecular complexity index is 511. The van der Waals surface area contributed by atoms with E-state index in [-0.39, 0.29) is 18.4 Å². The maximum atomic E-state index is 11.2. The summed E-state index contributed by atoms with van der Waals surface area (Å²) in [5.41, 5.74) is 11.3. The Hall–Kier alpha value is -2.48. The van der Waals surface area contributed by atoms with E-state index in [0.29, 0.717) is 39.3 Å². The number of aliphatic hydroxyl groups excluding tert-OH is 1. The van der Waals surface area contributed by atoms with Crippen LogP contribution in [0.2, 0.25) is 0 Å². The minimum atomic E-state index is -0.0734. The van der Waals surface area contributed by atoms with Gasteiger partial charge in [0, 0.05) is 39.3 Å². The van der Waals surface area contributed by atoms with Crippen molar-refractivity contribution >= 4 is 11.8 Å². The van der Waals surface area contributed by atoms with E-state index in [0.717, 1.165) is 0 Å². The molecule has 2 amide bonds. The lowest BCUT2D eigenvalue weighted by Gasteiger charge is -2.33. The number of hydrogen-bond donors (Lipinski definition) is 3. The van der Waals surface area contributed by atoms with Crippen LogP contribution in [0.4, 0.5) is 0 Å². The van der Waals surface area contributed by atoms with Crippen molar-refractivity contribution in [1.82, 2.24) is 9.80 Å². The normalized spacial score (nSPS) is 12.7. The fourth-order valence-corrected chi connectivity index (χ4v) is 2.02. The van der Waals surface area contributed by atoms with Gasteiger partial charge in [-0.15, -0.1) is 0 Å². The molecule has 0 spiro atoms. The highest BCUT2D eigenvalue weighted by Gasteiger charge is 2.20. The van der Waals surface area contributed by atoms with Crippen LogP contribution < -0.4 is 11.5 Å². The van der Waals surface area contributed by atoms with Gasteiger partial charge in [-0.1, -0.05) is 43.5 Å². The summed E-state index contributed by atoms with van der Waals surface area (Å²) in [6, 6.07) is 9.99. The minimum Gasteiger partial charge on any atom is -0.395 e. The molecule has 7 heteroatoms. The van der Waals surface area contributed by atoms with E-state index >= 15 is 0 Å². The zero-order valence-corrected chi connectivity index (χ0v) is 15.2. The van der Waals surface area contributed by atoms with Gasteiger partial charge in [-0.2, -0.15) is 0 Å². The number of piperazine rings is 1. The first-order chi connectivity index (χ1) is 12.5. The van der Waals surface area contributed by atoms with E-state index < -0.39 is 0 Å². The maximum absolute atomic E-state index is 11.2. The van der Waals surface area contributed by atoms with Gasteiger partial charge in [-0.3, -0.25) is 9.59 Å². The van der Waals surface area contributed by atoms with Gasteiger partial charge in [0.1, 0.15) is 0 Å². The molecule has 1 saturated heterocycles. The molecule has 1 fully saturated rings. The average Bonchev–Trinajstić information content (AvgIpc) is 2.73. The molecule has 1 aliphatic heterocycles. The lowest BCUT2D eigenvalue weighted by Crippen LogP contribution is -2.49. The van der Waals surface area contributed by atoms with Crippen molar-refractivity contribution < 1.29 is 14.7 Å². The van der Waals surface area contributed by atoms with Crippen LogP contribution in [0.15, 0.2) is 55.6 Å². The summed E-state index contributed by atoms with van der Waals surface area (Å²) in [4.78, 5) is 25.8. The highest BCUT2D eigenvalue weighted by molar-refractivity contribution is 5.88. The van der Waals surface area contributed by atoms with Gasteiger partial charge >= 0.3 is 0 Å². The fraction of sp³-hybridized carbons (Fsp3) is 0.368. The van der Waals surface area contributed by atoms with Gasteiger partial charge in [0.25, 0.3) is 0 Å². The predicted octanol–water partition coefficient (Wildman–Crippen LogP) is 0.112. The molecule has 1 aromatic rings. The molecule has 144 valence electrons. The summed E-state index contributed by atoms with van der Waals surface area (Å²) >= 11 is 0. The van der Waals surface area contributed by atoms with Crippen LogP contribution >= 0.6 is 0 Å². The Morgan fingerprint density at radius 2 is 1.35 bits per heavy atom. The lowest BCUT2D eigenvalue weighted by molar-refractivity contribution is -0.134. The summed E-state index contributed by atoms with van der Waals surface area (Å²) in [7, 11) is 0. The number of benzene rings is 1. The first-order valence-electron chi connectivity index (χ1n) is 8.41. The number of nitrogens with zero attached hydrogens (tertiary/aromatic N) is 2. The Balaban J connectivity index is 0.000000437.